The number of rotatable bonds is 3. The van der Waals surface area contributed by atoms with E-state index in [0.29, 0.717) is 12.3 Å². The molecule has 0 fully saturated rings. The highest BCUT2D eigenvalue weighted by Gasteiger charge is 2.01. The van der Waals surface area contributed by atoms with E-state index in [4.69, 9.17) is 10.9 Å². The smallest absolute Gasteiger partial charge is 0.143 e. The van der Waals surface area contributed by atoms with E-state index < -0.39 is 0 Å². The molecule has 0 aliphatic rings. The molecule has 1 aromatic carbocycles. The molecule has 0 amide bonds. The zero-order valence-corrected chi connectivity index (χ0v) is 8.57. The topological polar surface area (TPSA) is 58.6 Å². The van der Waals surface area contributed by atoms with Crippen molar-refractivity contribution in [2.75, 3.05) is 0 Å². The van der Waals surface area contributed by atoms with Crippen molar-refractivity contribution in [1.82, 2.24) is 0 Å². The van der Waals surface area contributed by atoms with Crippen molar-refractivity contribution in [2.45, 2.75) is 26.2 Å². The lowest BCUT2D eigenvalue weighted by Gasteiger charge is -2.07. The van der Waals surface area contributed by atoms with E-state index in [1.807, 2.05) is 12.1 Å². The Hall–Kier alpha value is -1.51. The fourth-order valence-electron chi connectivity index (χ4n) is 1.31. The van der Waals surface area contributed by atoms with E-state index in [-0.39, 0.29) is 5.84 Å². The highest BCUT2D eigenvalue weighted by atomic mass is 16.4. The number of nitrogens with two attached hydrogens (primary N) is 1. The summed E-state index contributed by atoms with van der Waals surface area (Å²) in [6, 6.07) is 8.14. The van der Waals surface area contributed by atoms with Gasteiger partial charge in [0.15, 0.2) is 0 Å². The van der Waals surface area contributed by atoms with Crippen molar-refractivity contribution in [3.8, 4) is 0 Å². The van der Waals surface area contributed by atoms with Gasteiger partial charge in [-0.05, 0) is 17.0 Å². The predicted octanol–water partition coefficient (Wildman–Crippen LogP) is 2.10. The van der Waals surface area contributed by atoms with Crippen LogP contribution in [0.15, 0.2) is 29.4 Å². The summed E-state index contributed by atoms with van der Waals surface area (Å²) in [4.78, 5) is 0. The Morgan fingerprint density at radius 2 is 2.21 bits per heavy atom. The zero-order chi connectivity index (χ0) is 10.6. The van der Waals surface area contributed by atoms with Gasteiger partial charge in [-0.3, -0.25) is 0 Å². The van der Waals surface area contributed by atoms with Crippen LogP contribution in [0.25, 0.3) is 0 Å². The van der Waals surface area contributed by atoms with Gasteiger partial charge < -0.3 is 10.9 Å². The molecule has 3 N–H and O–H groups in total. The predicted molar refractivity (Wildman–Crippen MR) is 57.6 cm³/mol. The van der Waals surface area contributed by atoms with Crippen LogP contribution in [0.5, 0.6) is 0 Å². The fraction of sp³-hybridized carbons (Fsp3) is 0.364. The van der Waals surface area contributed by atoms with E-state index in [9.17, 15) is 0 Å². The first-order chi connectivity index (χ1) is 6.63. The maximum Gasteiger partial charge on any atom is 0.143 e. The molecule has 0 spiro atoms. The molecular weight excluding hydrogens is 176 g/mol. The molecule has 3 heteroatoms. The van der Waals surface area contributed by atoms with Crippen LogP contribution in [0.4, 0.5) is 0 Å². The van der Waals surface area contributed by atoms with Crippen molar-refractivity contribution in [1.29, 1.82) is 0 Å². The third-order valence-corrected chi connectivity index (χ3v) is 2.13. The highest BCUT2D eigenvalue weighted by Crippen LogP contribution is 2.15. The van der Waals surface area contributed by atoms with Crippen LogP contribution in [0, 0.1) is 0 Å². The molecule has 0 radical (unpaired) electrons. The molecule has 0 aliphatic heterocycles. The van der Waals surface area contributed by atoms with Gasteiger partial charge in [0.05, 0.1) is 0 Å². The molecule has 0 aromatic heterocycles. The lowest BCUT2D eigenvalue weighted by molar-refractivity contribution is 0.317. The van der Waals surface area contributed by atoms with E-state index in [2.05, 4.69) is 31.1 Å². The van der Waals surface area contributed by atoms with Crippen LogP contribution < -0.4 is 5.73 Å². The molecule has 0 aliphatic carbocycles. The molecule has 0 saturated heterocycles. The summed E-state index contributed by atoms with van der Waals surface area (Å²) in [6.07, 6.45) is 0.497. The van der Waals surface area contributed by atoms with Gasteiger partial charge in [0.1, 0.15) is 5.84 Å². The van der Waals surface area contributed by atoms with Crippen molar-refractivity contribution in [3.05, 3.63) is 35.4 Å². The Morgan fingerprint density at radius 1 is 1.50 bits per heavy atom. The number of amidine groups is 1. The second-order valence-corrected chi connectivity index (χ2v) is 3.67. The average Bonchev–Trinajstić information content (AvgIpc) is 2.18. The van der Waals surface area contributed by atoms with Gasteiger partial charge in [0.25, 0.3) is 0 Å². The Balaban J connectivity index is 2.84. The molecule has 76 valence electrons. The average molecular weight is 192 g/mol. The van der Waals surface area contributed by atoms with E-state index in [0.717, 1.165) is 5.56 Å². The fourth-order valence-corrected chi connectivity index (χ4v) is 1.31. The number of nitrogens with zero attached hydrogens (tertiary/aromatic N) is 1. The molecule has 0 atom stereocenters. The molecule has 14 heavy (non-hydrogen) atoms. The van der Waals surface area contributed by atoms with Gasteiger partial charge in [-0.1, -0.05) is 43.3 Å². The van der Waals surface area contributed by atoms with E-state index >= 15 is 0 Å². The first kappa shape index (κ1) is 10.6. The summed E-state index contributed by atoms with van der Waals surface area (Å²) in [7, 11) is 0. The standard InChI is InChI=1S/C11H16N2O/c1-8(2)10-5-3-4-9(6-10)7-11(12)13-14/h3-6,8,14H,7H2,1-2H3,(H2,12,13). The highest BCUT2D eigenvalue weighted by molar-refractivity contribution is 5.82. The third kappa shape index (κ3) is 2.76. The summed E-state index contributed by atoms with van der Waals surface area (Å²) in [5.74, 6) is 0.744. The minimum atomic E-state index is 0.242. The minimum absolute atomic E-state index is 0.242. The normalized spacial score (nSPS) is 12.1. The van der Waals surface area contributed by atoms with Gasteiger partial charge in [0, 0.05) is 6.42 Å². The SMILES string of the molecule is CC(C)c1cccc(C/C(N)=N/O)c1. The van der Waals surface area contributed by atoms with Crippen molar-refractivity contribution in [2.24, 2.45) is 10.9 Å². The van der Waals surface area contributed by atoms with Gasteiger partial charge >= 0.3 is 0 Å². The molecule has 0 heterocycles. The summed E-state index contributed by atoms with van der Waals surface area (Å²) in [6.45, 7) is 4.28. The molecule has 1 aromatic rings. The quantitative estimate of drug-likeness (QED) is 0.333. The summed E-state index contributed by atoms with van der Waals surface area (Å²) < 4.78 is 0. The number of oxime groups is 1. The minimum Gasteiger partial charge on any atom is -0.409 e. The molecule has 0 unspecified atom stereocenters. The van der Waals surface area contributed by atoms with Gasteiger partial charge in [-0.15, -0.1) is 0 Å². The second-order valence-electron chi connectivity index (χ2n) is 3.67. The molecular formula is C11H16N2O. The van der Waals surface area contributed by atoms with E-state index in [1.165, 1.54) is 5.56 Å². The lowest BCUT2D eigenvalue weighted by atomic mass is 10.00. The maximum atomic E-state index is 8.44. The first-order valence-electron chi connectivity index (χ1n) is 4.68. The molecule has 1 rings (SSSR count). The lowest BCUT2D eigenvalue weighted by Crippen LogP contribution is -2.14. The number of benzene rings is 1. The summed E-state index contributed by atoms with van der Waals surface area (Å²) >= 11 is 0. The Morgan fingerprint density at radius 3 is 2.79 bits per heavy atom. The van der Waals surface area contributed by atoms with Gasteiger partial charge in [-0.2, -0.15) is 0 Å². The van der Waals surface area contributed by atoms with Gasteiger partial charge in [-0.25, -0.2) is 0 Å². The van der Waals surface area contributed by atoms with Crippen LogP contribution in [-0.2, 0) is 6.42 Å². The van der Waals surface area contributed by atoms with Crippen molar-refractivity contribution >= 4 is 5.84 Å². The van der Waals surface area contributed by atoms with Gasteiger partial charge in [0.2, 0.25) is 0 Å². The maximum absolute atomic E-state index is 8.44. The van der Waals surface area contributed by atoms with Crippen LogP contribution in [0.1, 0.15) is 30.9 Å². The largest absolute Gasteiger partial charge is 0.409 e. The molecule has 0 saturated carbocycles. The third-order valence-electron chi connectivity index (χ3n) is 2.13. The number of hydrogen-bond acceptors (Lipinski definition) is 2. The second kappa shape index (κ2) is 4.65. The Kier molecular flexibility index (Phi) is 3.51. The molecule has 0 bridgehead atoms. The molecule has 3 nitrogen and oxygen atoms in total. The monoisotopic (exact) mass is 192 g/mol. The number of hydrogen-bond donors (Lipinski definition) is 2. The van der Waals surface area contributed by atoms with Crippen molar-refractivity contribution in [3.63, 3.8) is 0 Å². The van der Waals surface area contributed by atoms with Crippen LogP contribution in [0.3, 0.4) is 0 Å². The van der Waals surface area contributed by atoms with E-state index in [1.54, 1.807) is 0 Å². The van der Waals surface area contributed by atoms with Crippen molar-refractivity contribution < 1.29 is 5.21 Å². The van der Waals surface area contributed by atoms with Crippen LogP contribution in [-0.4, -0.2) is 11.0 Å². The Labute approximate surface area is 84.2 Å². The first-order valence-corrected chi connectivity index (χ1v) is 4.68. The van der Waals surface area contributed by atoms with Crippen LogP contribution in [0.2, 0.25) is 0 Å². The zero-order valence-electron chi connectivity index (χ0n) is 8.57. The summed E-state index contributed by atoms with van der Waals surface area (Å²) in [5, 5.41) is 11.4. The summed E-state index contributed by atoms with van der Waals surface area (Å²) in [5.41, 5.74) is 7.78. The van der Waals surface area contributed by atoms with Crippen LogP contribution >= 0.6 is 0 Å². The Bertz CT molecular complexity index is 332.